The summed E-state index contributed by atoms with van der Waals surface area (Å²) >= 11 is 3.47. The van der Waals surface area contributed by atoms with Crippen LogP contribution in [0.25, 0.3) is 0 Å². The monoisotopic (exact) mass is 414 g/mol. The van der Waals surface area contributed by atoms with Crippen LogP contribution in [0.5, 0.6) is 0 Å². The maximum atomic E-state index is 12.0. The number of nitrogens with zero attached hydrogens (tertiary/aromatic N) is 2. The van der Waals surface area contributed by atoms with Crippen LogP contribution in [0.2, 0.25) is 0 Å². The average Bonchev–Trinajstić information content (AvgIpc) is 3.35. The molecule has 1 saturated carbocycles. The predicted octanol–water partition coefficient (Wildman–Crippen LogP) is 3.10. The summed E-state index contributed by atoms with van der Waals surface area (Å²) in [6, 6.07) is 13.1. The second-order valence-electron chi connectivity index (χ2n) is 7.09. The molecule has 26 heavy (non-hydrogen) atoms. The van der Waals surface area contributed by atoms with Gasteiger partial charge in [0.15, 0.2) is 0 Å². The Morgan fingerprint density at radius 2 is 1.92 bits per heavy atom. The van der Waals surface area contributed by atoms with Crippen LogP contribution in [0, 0.1) is 0 Å². The van der Waals surface area contributed by atoms with Gasteiger partial charge in [0.05, 0.1) is 5.56 Å². The molecule has 0 unspecified atom stereocenters. The summed E-state index contributed by atoms with van der Waals surface area (Å²) in [5.74, 6) is 0.933. The van der Waals surface area contributed by atoms with Gasteiger partial charge in [-0.2, -0.15) is 0 Å². The Hall–Kier alpha value is -1.92. The number of hydrogen-bond donors (Lipinski definition) is 2. The van der Waals surface area contributed by atoms with Crippen LogP contribution in [-0.4, -0.2) is 36.1 Å². The molecule has 5 nitrogen and oxygen atoms in total. The van der Waals surface area contributed by atoms with E-state index in [9.17, 15) is 4.79 Å². The van der Waals surface area contributed by atoms with Gasteiger partial charge in [0.2, 0.25) is 0 Å². The lowest BCUT2D eigenvalue weighted by atomic mass is 10.2. The molecule has 0 bridgehead atoms. The topological polar surface area (TPSA) is 57.3 Å². The minimum atomic E-state index is -0.0120. The number of pyridine rings is 1. The zero-order valence-electron chi connectivity index (χ0n) is 14.6. The van der Waals surface area contributed by atoms with Crippen molar-refractivity contribution in [1.29, 1.82) is 0 Å². The van der Waals surface area contributed by atoms with Crippen LogP contribution in [0.3, 0.4) is 0 Å². The van der Waals surface area contributed by atoms with Crippen molar-refractivity contribution in [3.05, 3.63) is 58.2 Å². The molecule has 4 rings (SSSR count). The van der Waals surface area contributed by atoms with Gasteiger partial charge in [-0.05, 0) is 49.1 Å². The van der Waals surface area contributed by atoms with Crippen molar-refractivity contribution in [1.82, 2.24) is 15.6 Å². The number of amides is 1. The first kappa shape index (κ1) is 17.5. The highest BCUT2D eigenvalue weighted by molar-refractivity contribution is 9.10. The maximum absolute atomic E-state index is 12.0. The molecular formula is C20H23BrN4O. The molecule has 2 aliphatic rings. The molecule has 2 N–H and O–H groups in total. The molecule has 136 valence electrons. The van der Waals surface area contributed by atoms with Crippen molar-refractivity contribution in [2.45, 2.75) is 37.9 Å². The number of carbonyl (C=O) groups is 1. The van der Waals surface area contributed by atoms with E-state index in [2.05, 4.69) is 60.7 Å². The number of halogens is 1. The summed E-state index contributed by atoms with van der Waals surface area (Å²) in [5.41, 5.74) is 1.93. The van der Waals surface area contributed by atoms with Gasteiger partial charge < -0.3 is 15.5 Å². The highest BCUT2D eigenvalue weighted by Gasteiger charge is 2.25. The molecule has 0 radical (unpaired) electrons. The zero-order valence-corrected chi connectivity index (χ0v) is 16.2. The molecule has 2 aromatic rings. The predicted molar refractivity (Wildman–Crippen MR) is 106 cm³/mol. The molecule has 1 aromatic carbocycles. The third kappa shape index (κ3) is 4.43. The zero-order chi connectivity index (χ0) is 17.9. The normalized spacial score (nSPS) is 19.6. The van der Waals surface area contributed by atoms with Crippen LogP contribution < -0.4 is 15.5 Å². The fraction of sp³-hybridized carbons (Fsp3) is 0.400. The van der Waals surface area contributed by atoms with Gasteiger partial charge in [0, 0.05) is 42.4 Å². The molecule has 1 saturated heterocycles. The highest BCUT2D eigenvalue weighted by atomic mass is 79.9. The van der Waals surface area contributed by atoms with Gasteiger partial charge in [-0.1, -0.05) is 28.1 Å². The molecule has 1 aliphatic carbocycles. The van der Waals surface area contributed by atoms with Crippen molar-refractivity contribution in [3.63, 3.8) is 0 Å². The second kappa shape index (κ2) is 7.76. The van der Waals surface area contributed by atoms with Gasteiger partial charge in [0.25, 0.3) is 5.91 Å². The molecule has 1 amide bonds. The van der Waals surface area contributed by atoms with E-state index in [1.165, 1.54) is 5.56 Å². The molecule has 2 heterocycles. The molecule has 1 atom stereocenters. The number of anilines is 1. The quantitative estimate of drug-likeness (QED) is 0.762. The number of hydrogen-bond acceptors (Lipinski definition) is 4. The van der Waals surface area contributed by atoms with Crippen LogP contribution in [0.1, 0.15) is 35.2 Å². The molecule has 1 aliphatic heterocycles. The molecular weight excluding hydrogens is 392 g/mol. The molecule has 1 aromatic heterocycles. The van der Waals surface area contributed by atoms with E-state index < -0.39 is 0 Å². The average molecular weight is 415 g/mol. The Morgan fingerprint density at radius 1 is 1.12 bits per heavy atom. The molecule has 2 fully saturated rings. The lowest BCUT2D eigenvalue weighted by Gasteiger charge is -2.18. The molecule has 0 spiro atoms. The number of benzene rings is 1. The number of nitrogens with one attached hydrogen (secondary N) is 2. The summed E-state index contributed by atoms with van der Waals surface area (Å²) < 4.78 is 1.11. The van der Waals surface area contributed by atoms with Crippen molar-refractivity contribution >= 4 is 27.7 Å². The first-order valence-electron chi connectivity index (χ1n) is 9.17. The fourth-order valence-corrected chi connectivity index (χ4v) is 3.47. The largest absolute Gasteiger partial charge is 0.355 e. The third-order valence-electron chi connectivity index (χ3n) is 4.94. The SMILES string of the molecule is O=C(NC1CC1)c1ccc(N2CC[C@H](NCc3ccc(Br)cc3)C2)nc1. The Bertz CT molecular complexity index is 758. The number of carbonyl (C=O) groups excluding carboxylic acids is 1. The minimum Gasteiger partial charge on any atom is -0.355 e. The van der Waals surface area contributed by atoms with Crippen LogP contribution >= 0.6 is 15.9 Å². The Morgan fingerprint density at radius 3 is 2.62 bits per heavy atom. The first-order valence-corrected chi connectivity index (χ1v) is 9.96. The Labute approximate surface area is 162 Å². The standard InChI is InChI=1S/C20H23BrN4O/c21-16-4-1-14(2-5-16)11-22-18-9-10-25(13-18)19-8-3-15(12-23-19)20(26)24-17-6-7-17/h1-5,8,12,17-18,22H,6-7,9-11,13H2,(H,24,26)/t18-/m0/s1. The Balaban J connectivity index is 1.28. The smallest absolute Gasteiger partial charge is 0.253 e. The van der Waals surface area contributed by atoms with Gasteiger partial charge in [-0.15, -0.1) is 0 Å². The van der Waals surface area contributed by atoms with E-state index in [4.69, 9.17) is 0 Å². The van der Waals surface area contributed by atoms with E-state index in [1.807, 2.05) is 12.1 Å². The van der Waals surface area contributed by atoms with Crippen molar-refractivity contribution < 1.29 is 4.79 Å². The lowest BCUT2D eigenvalue weighted by molar-refractivity contribution is 0.0950. The van der Waals surface area contributed by atoms with Crippen LogP contribution in [0.15, 0.2) is 47.1 Å². The van der Waals surface area contributed by atoms with E-state index in [0.29, 0.717) is 17.6 Å². The van der Waals surface area contributed by atoms with E-state index in [0.717, 1.165) is 49.2 Å². The van der Waals surface area contributed by atoms with Crippen LogP contribution in [-0.2, 0) is 6.54 Å². The molecule has 6 heteroatoms. The second-order valence-corrected chi connectivity index (χ2v) is 8.01. The van der Waals surface area contributed by atoms with Gasteiger partial charge in [-0.25, -0.2) is 4.98 Å². The van der Waals surface area contributed by atoms with Crippen molar-refractivity contribution in [2.75, 3.05) is 18.0 Å². The van der Waals surface area contributed by atoms with Gasteiger partial charge in [-0.3, -0.25) is 4.79 Å². The number of rotatable bonds is 6. The van der Waals surface area contributed by atoms with E-state index >= 15 is 0 Å². The van der Waals surface area contributed by atoms with Gasteiger partial charge in [0.1, 0.15) is 5.82 Å². The number of aromatic nitrogens is 1. The minimum absolute atomic E-state index is 0.0120. The lowest BCUT2D eigenvalue weighted by Crippen LogP contribution is -2.32. The van der Waals surface area contributed by atoms with Crippen molar-refractivity contribution in [2.24, 2.45) is 0 Å². The maximum Gasteiger partial charge on any atom is 0.253 e. The van der Waals surface area contributed by atoms with E-state index in [1.54, 1.807) is 6.20 Å². The third-order valence-corrected chi connectivity index (χ3v) is 5.47. The fourth-order valence-electron chi connectivity index (χ4n) is 3.20. The summed E-state index contributed by atoms with van der Waals surface area (Å²) in [6.45, 7) is 2.80. The van der Waals surface area contributed by atoms with Gasteiger partial charge >= 0.3 is 0 Å². The highest BCUT2D eigenvalue weighted by Crippen LogP contribution is 2.21. The summed E-state index contributed by atoms with van der Waals surface area (Å²) in [6.07, 6.45) is 4.98. The van der Waals surface area contributed by atoms with Crippen LogP contribution in [0.4, 0.5) is 5.82 Å². The van der Waals surface area contributed by atoms with Crippen molar-refractivity contribution in [3.8, 4) is 0 Å². The van der Waals surface area contributed by atoms with E-state index in [-0.39, 0.29) is 5.91 Å². The first-order chi connectivity index (χ1) is 12.7. The summed E-state index contributed by atoms with van der Waals surface area (Å²) in [4.78, 5) is 18.8. The summed E-state index contributed by atoms with van der Waals surface area (Å²) in [7, 11) is 0. The summed E-state index contributed by atoms with van der Waals surface area (Å²) in [5, 5.41) is 6.62. The Kier molecular flexibility index (Phi) is 5.22.